The number of nitrogens with one attached hydrogen (secondary N) is 4. The highest BCUT2D eigenvalue weighted by atomic mass is 32.1. The van der Waals surface area contributed by atoms with Crippen LogP contribution in [0.3, 0.4) is 0 Å². The smallest absolute Gasteiger partial charge is 0.248 e. The lowest BCUT2D eigenvalue weighted by Gasteiger charge is -2.14. The summed E-state index contributed by atoms with van der Waals surface area (Å²) in [6.07, 6.45) is 0. The van der Waals surface area contributed by atoms with Crippen molar-refractivity contribution in [3.63, 3.8) is 0 Å². The molecule has 0 saturated heterocycles. The minimum Gasteiger partial charge on any atom is -0.366 e. The molecule has 0 aliphatic rings. The summed E-state index contributed by atoms with van der Waals surface area (Å²) in [6.45, 7) is 5.19. The van der Waals surface area contributed by atoms with Gasteiger partial charge in [0.25, 0.3) is 0 Å². The molecule has 2 aromatic carbocycles. The molecule has 10 heteroatoms. The molecule has 0 aliphatic carbocycles. The summed E-state index contributed by atoms with van der Waals surface area (Å²) in [4.78, 5) is 11.5. The first-order chi connectivity index (χ1) is 15.0. The van der Waals surface area contributed by atoms with E-state index in [2.05, 4.69) is 31.7 Å². The Morgan fingerprint density at radius 3 is 1.61 bits per heavy atom. The van der Waals surface area contributed by atoms with E-state index < -0.39 is 5.91 Å². The van der Waals surface area contributed by atoms with E-state index in [0.29, 0.717) is 45.9 Å². The number of hydrogen-bond donors (Lipinski definition) is 5. The summed E-state index contributed by atoms with van der Waals surface area (Å²) < 4.78 is 0. The highest BCUT2D eigenvalue weighted by Gasteiger charge is 2.16. The van der Waals surface area contributed by atoms with E-state index in [1.54, 1.807) is 24.3 Å². The van der Waals surface area contributed by atoms with Gasteiger partial charge in [0, 0.05) is 29.8 Å². The van der Waals surface area contributed by atoms with E-state index in [4.69, 9.17) is 30.2 Å². The molecule has 0 heterocycles. The van der Waals surface area contributed by atoms with Crippen LogP contribution in [0, 0.1) is 0 Å². The van der Waals surface area contributed by atoms with Crippen LogP contribution in [0.4, 0.5) is 0 Å². The number of amides is 1. The minimum absolute atomic E-state index is 0.372. The number of carbonyl (C=O) groups is 1. The molecule has 1 amide bonds. The number of thiocarbonyl (C=S) groups is 2. The lowest BCUT2D eigenvalue weighted by Crippen LogP contribution is -2.35. The number of hydrogen-bond acceptors (Lipinski definition) is 5. The van der Waals surface area contributed by atoms with Gasteiger partial charge in [0.1, 0.15) is 11.4 Å². The maximum Gasteiger partial charge on any atom is 0.248 e. The molecule has 2 aromatic rings. The molecule has 0 spiro atoms. The van der Waals surface area contributed by atoms with Crippen LogP contribution < -0.4 is 27.2 Å². The van der Waals surface area contributed by atoms with Gasteiger partial charge in [-0.3, -0.25) is 15.6 Å². The maximum atomic E-state index is 11.5. The number of primary amides is 1. The summed E-state index contributed by atoms with van der Waals surface area (Å²) in [5.74, 6) is -0.508. The zero-order chi connectivity index (χ0) is 22.6. The third-order valence-electron chi connectivity index (χ3n) is 3.93. The van der Waals surface area contributed by atoms with Gasteiger partial charge in [0.05, 0.1) is 0 Å². The Kier molecular flexibility index (Phi) is 9.53. The van der Waals surface area contributed by atoms with Crippen LogP contribution in [0.5, 0.6) is 0 Å². The molecule has 6 N–H and O–H groups in total. The van der Waals surface area contributed by atoms with Crippen molar-refractivity contribution >= 4 is 52.0 Å². The fourth-order valence-corrected chi connectivity index (χ4v) is 2.89. The summed E-state index contributed by atoms with van der Waals surface area (Å²) >= 11 is 10.5. The molecule has 2 rings (SSSR count). The first kappa shape index (κ1) is 23.9. The van der Waals surface area contributed by atoms with Crippen LogP contribution in [0.25, 0.3) is 0 Å². The topological polar surface area (TPSA) is 116 Å². The van der Waals surface area contributed by atoms with Crippen molar-refractivity contribution in [1.29, 1.82) is 0 Å². The molecule has 162 valence electrons. The fourth-order valence-electron chi connectivity index (χ4n) is 2.51. The minimum atomic E-state index is -0.508. The molecular weight excluding hydrogens is 430 g/mol. The Balaban J connectivity index is 2.55. The van der Waals surface area contributed by atoms with Gasteiger partial charge in [-0.05, 0) is 50.4 Å². The number of rotatable bonds is 8. The maximum absolute atomic E-state index is 11.5. The lowest BCUT2D eigenvalue weighted by molar-refractivity contribution is 0.100. The van der Waals surface area contributed by atoms with Crippen molar-refractivity contribution in [3.05, 3.63) is 71.3 Å². The Morgan fingerprint density at radius 1 is 0.774 bits per heavy atom. The third kappa shape index (κ3) is 7.43. The summed E-state index contributed by atoms with van der Waals surface area (Å²) in [7, 11) is 0. The van der Waals surface area contributed by atoms with E-state index in [1.165, 1.54) is 0 Å². The normalized spacial score (nSPS) is 11.4. The van der Waals surface area contributed by atoms with Crippen LogP contribution in [-0.2, 0) is 0 Å². The SMILES string of the molecule is CCNC(=S)NN=C(C(=NNC(=S)NCC)c1ccc(C(N)=O)cc1)c1ccccc1. The number of nitrogens with zero attached hydrogens (tertiary/aromatic N) is 2. The third-order valence-corrected chi connectivity index (χ3v) is 4.40. The van der Waals surface area contributed by atoms with Crippen LogP contribution in [0.15, 0.2) is 64.8 Å². The molecule has 0 bridgehead atoms. The average Bonchev–Trinajstić information content (AvgIpc) is 2.77. The molecule has 0 radical (unpaired) electrons. The lowest BCUT2D eigenvalue weighted by atomic mass is 9.99. The summed E-state index contributed by atoms with van der Waals surface area (Å²) in [6, 6.07) is 16.3. The Labute approximate surface area is 192 Å². The van der Waals surface area contributed by atoms with Crippen molar-refractivity contribution in [2.45, 2.75) is 13.8 Å². The second-order valence-corrected chi connectivity index (χ2v) is 6.99. The van der Waals surface area contributed by atoms with Gasteiger partial charge in [-0.1, -0.05) is 42.5 Å². The molecule has 0 saturated carbocycles. The summed E-state index contributed by atoms with van der Waals surface area (Å²) in [5, 5.41) is 15.7. The molecule has 0 fully saturated rings. The molecule has 0 unspecified atom stereocenters. The fraction of sp³-hybridized carbons (Fsp3) is 0.190. The van der Waals surface area contributed by atoms with Crippen LogP contribution in [0.2, 0.25) is 0 Å². The zero-order valence-electron chi connectivity index (χ0n) is 17.3. The quantitative estimate of drug-likeness (QED) is 0.234. The summed E-state index contributed by atoms with van der Waals surface area (Å²) in [5.41, 5.74) is 14.0. The van der Waals surface area contributed by atoms with Crippen molar-refractivity contribution in [2.75, 3.05) is 13.1 Å². The Bertz CT molecular complexity index is 973. The number of carbonyl (C=O) groups excluding carboxylic acids is 1. The average molecular weight is 456 g/mol. The van der Waals surface area contributed by atoms with Crippen molar-refractivity contribution in [2.24, 2.45) is 15.9 Å². The van der Waals surface area contributed by atoms with Gasteiger partial charge in [-0.2, -0.15) is 10.2 Å². The molecule has 0 aromatic heterocycles. The van der Waals surface area contributed by atoms with Gasteiger partial charge >= 0.3 is 0 Å². The largest absolute Gasteiger partial charge is 0.366 e. The highest BCUT2D eigenvalue weighted by molar-refractivity contribution is 7.80. The van der Waals surface area contributed by atoms with E-state index in [1.807, 2.05) is 44.2 Å². The van der Waals surface area contributed by atoms with Gasteiger partial charge in [0.2, 0.25) is 5.91 Å². The highest BCUT2D eigenvalue weighted by Crippen LogP contribution is 2.12. The van der Waals surface area contributed by atoms with Crippen molar-refractivity contribution < 1.29 is 4.79 Å². The van der Waals surface area contributed by atoms with Crippen LogP contribution in [0.1, 0.15) is 35.3 Å². The van der Waals surface area contributed by atoms with Gasteiger partial charge in [0.15, 0.2) is 10.2 Å². The molecular formula is C21H25N7OS2. The zero-order valence-corrected chi connectivity index (χ0v) is 18.9. The first-order valence-corrected chi connectivity index (χ1v) is 10.5. The second-order valence-electron chi connectivity index (χ2n) is 6.17. The second kappa shape index (κ2) is 12.4. The molecule has 0 aliphatic heterocycles. The van der Waals surface area contributed by atoms with Crippen molar-refractivity contribution in [3.8, 4) is 0 Å². The van der Waals surface area contributed by atoms with E-state index in [0.717, 1.165) is 5.56 Å². The predicted molar refractivity (Wildman–Crippen MR) is 133 cm³/mol. The molecule has 31 heavy (non-hydrogen) atoms. The Morgan fingerprint density at radius 2 is 1.19 bits per heavy atom. The van der Waals surface area contributed by atoms with E-state index >= 15 is 0 Å². The van der Waals surface area contributed by atoms with Crippen LogP contribution >= 0.6 is 24.4 Å². The van der Waals surface area contributed by atoms with Crippen molar-refractivity contribution in [1.82, 2.24) is 21.5 Å². The van der Waals surface area contributed by atoms with Gasteiger partial charge in [-0.25, -0.2) is 0 Å². The van der Waals surface area contributed by atoms with Gasteiger partial charge < -0.3 is 16.4 Å². The van der Waals surface area contributed by atoms with E-state index in [9.17, 15) is 4.79 Å². The van der Waals surface area contributed by atoms with Gasteiger partial charge in [-0.15, -0.1) is 0 Å². The molecule has 0 atom stereocenters. The van der Waals surface area contributed by atoms with E-state index in [-0.39, 0.29) is 0 Å². The molecule has 8 nitrogen and oxygen atoms in total. The first-order valence-electron chi connectivity index (χ1n) is 9.65. The Hall–Kier alpha value is -3.37. The number of benzene rings is 2. The monoisotopic (exact) mass is 455 g/mol. The standard InChI is InChI=1S/C21H25N7OS2/c1-3-23-20(30)27-25-17(14-8-6-5-7-9-14)18(26-28-21(31)24-4-2)15-10-12-16(13-11-15)19(22)29/h5-13H,3-4H2,1-2H3,(H2,22,29)(H2,23,27,30)(H2,24,28,31). The van der Waals surface area contributed by atoms with Crippen LogP contribution in [-0.4, -0.2) is 40.6 Å². The predicted octanol–water partition coefficient (Wildman–Crippen LogP) is 1.86. The number of nitrogens with two attached hydrogens (primary N) is 1. The number of hydrazone groups is 2.